The highest BCUT2D eigenvalue weighted by molar-refractivity contribution is 6.03. The summed E-state index contributed by atoms with van der Waals surface area (Å²) in [6, 6.07) is 6.42. The Bertz CT molecular complexity index is 836. The van der Waals surface area contributed by atoms with Gasteiger partial charge < -0.3 is 10.6 Å². The molecule has 7 heteroatoms. The molecular weight excluding hydrogens is 330 g/mol. The number of fused-ring (bicyclic) bond motifs is 1. The fraction of sp³-hybridized carbons (Fsp3) is 0.526. The van der Waals surface area contributed by atoms with Crippen molar-refractivity contribution >= 4 is 28.4 Å². The van der Waals surface area contributed by atoms with Crippen molar-refractivity contribution in [3.05, 3.63) is 23.9 Å². The van der Waals surface area contributed by atoms with Gasteiger partial charge in [-0.15, -0.1) is 0 Å². The lowest BCUT2D eigenvalue weighted by molar-refractivity contribution is -0.134. The average Bonchev–Trinajstić information content (AvgIpc) is 2.93. The van der Waals surface area contributed by atoms with E-state index in [1.165, 1.54) is 0 Å². The maximum absolute atomic E-state index is 12.3. The lowest BCUT2D eigenvalue weighted by atomic mass is 9.92. The van der Waals surface area contributed by atoms with Crippen molar-refractivity contribution in [1.29, 1.82) is 0 Å². The Kier molecular flexibility index (Phi) is 5.00. The van der Waals surface area contributed by atoms with Gasteiger partial charge in [0.05, 0.1) is 22.8 Å². The van der Waals surface area contributed by atoms with Crippen LogP contribution in [0, 0.1) is 0 Å². The van der Waals surface area contributed by atoms with E-state index in [0.29, 0.717) is 12.8 Å². The SMILES string of the molecule is C.Cn1nc(C2CCC(=O)NC2=O)c2cccc(N3CCC(N)CC3)c21. The van der Waals surface area contributed by atoms with Gasteiger partial charge in [0.1, 0.15) is 0 Å². The Morgan fingerprint density at radius 1 is 1.19 bits per heavy atom. The average molecular weight is 357 g/mol. The fourth-order valence-electron chi connectivity index (χ4n) is 3.95. The molecule has 1 unspecified atom stereocenters. The minimum absolute atomic E-state index is 0. The van der Waals surface area contributed by atoms with E-state index in [0.717, 1.165) is 48.2 Å². The van der Waals surface area contributed by atoms with Crippen LogP contribution >= 0.6 is 0 Å². The molecule has 1 aromatic carbocycles. The molecule has 140 valence electrons. The Hall–Kier alpha value is -2.41. The molecule has 0 saturated carbocycles. The number of nitrogens with two attached hydrogens (primary N) is 1. The van der Waals surface area contributed by atoms with Crippen LogP contribution in [0.15, 0.2) is 18.2 Å². The molecule has 2 aliphatic rings. The van der Waals surface area contributed by atoms with Gasteiger partial charge in [0.2, 0.25) is 11.8 Å². The Morgan fingerprint density at radius 2 is 1.92 bits per heavy atom. The first kappa shape index (κ1) is 18.4. The van der Waals surface area contributed by atoms with E-state index in [2.05, 4.69) is 21.4 Å². The number of anilines is 1. The zero-order valence-corrected chi connectivity index (χ0v) is 14.4. The van der Waals surface area contributed by atoms with Crippen LogP contribution in [0.3, 0.4) is 0 Å². The number of carbonyl (C=O) groups is 2. The third kappa shape index (κ3) is 3.07. The topological polar surface area (TPSA) is 93.2 Å². The number of aryl methyl sites for hydroxylation is 1. The summed E-state index contributed by atoms with van der Waals surface area (Å²) in [5.41, 5.74) is 8.97. The Morgan fingerprint density at radius 3 is 2.62 bits per heavy atom. The highest BCUT2D eigenvalue weighted by Crippen LogP contribution is 2.35. The molecule has 0 spiro atoms. The summed E-state index contributed by atoms with van der Waals surface area (Å²) in [5, 5.41) is 8.08. The van der Waals surface area contributed by atoms with Gasteiger partial charge in [-0.2, -0.15) is 5.10 Å². The smallest absolute Gasteiger partial charge is 0.235 e. The predicted octanol–water partition coefficient (Wildman–Crippen LogP) is 1.66. The summed E-state index contributed by atoms with van der Waals surface area (Å²) in [6.07, 6.45) is 2.83. The molecule has 3 N–H and O–H groups in total. The molecule has 2 amide bonds. The number of imide groups is 1. The first-order valence-electron chi connectivity index (χ1n) is 8.84. The first-order valence-corrected chi connectivity index (χ1v) is 8.84. The number of carbonyl (C=O) groups excluding carboxylic acids is 2. The number of benzene rings is 1. The second kappa shape index (κ2) is 7.07. The summed E-state index contributed by atoms with van der Waals surface area (Å²) < 4.78 is 1.86. The number of piperidine rings is 2. The van der Waals surface area contributed by atoms with Crippen LogP contribution in [0.5, 0.6) is 0 Å². The molecule has 0 aliphatic carbocycles. The quantitative estimate of drug-likeness (QED) is 0.797. The van der Waals surface area contributed by atoms with Crippen LogP contribution in [-0.2, 0) is 16.6 Å². The first-order chi connectivity index (χ1) is 12.0. The molecule has 3 heterocycles. The van der Waals surface area contributed by atoms with Crippen molar-refractivity contribution in [3.63, 3.8) is 0 Å². The lowest BCUT2D eigenvalue weighted by Crippen LogP contribution is -2.40. The Balaban J connectivity index is 0.00000196. The van der Waals surface area contributed by atoms with Gasteiger partial charge in [-0.25, -0.2) is 0 Å². The van der Waals surface area contributed by atoms with Crippen LogP contribution in [0.4, 0.5) is 5.69 Å². The summed E-state index contributed by atoms with van der Waals surface area (Å²) in [5.74, 6) is -0.816. The van der Waals surface area contributed by atoms with Crippen LogP contribution in [-0.4, -0.2) is 40.7 Å². The van der Waals surface area contributed by atoms with Gasteiger partial charge in [-0.05, 0) is 25.3 Å². The van der Waals surface area contributed by atoms with E-state index in [9.17, 15) is 9.59 Å². The minimum Gasteiger partial charge on any atom is -0.370 e. The summed E-state index contributed by atoms with van der Waals surface area (Å²) in [7, 11) is 1.91. The molecule has 26 heavy (non-hydrogen) atoms. The third-order valence-corrected chi connectivity index (χ3v) is 5.32. The Labute approximate surface area is 153 Å². The summed E-state index contributed by atoms with van der Waals surface area (Å²) in [6.45, 7) is 1.86. The second-order valence-electron chi connectivity index (χ2n) is 7.01. The second-order valence-corrected chi connectivity index (χ2v) is 7.01. The molecule has 1 atom stereocenters. The monoisotopic (exact) mass is 357 g/mol. The molecule has 7 nitrogen and oxygen atoms in total. The van der Waals surface area contributed by atoms with E-state index >= 15 is 0 Å². The van der Waals surface area contributed by atoms with Crippen molar-refractivity contribution in [2.75, 3.05) is 18.0 Å². The van der Waals surface area contributed by atoms with E-state index in [-0.39, 0.29) is 31.2 Å². The van der Waals surface area contributed by atoms with Gasteiger partial charge >= 0.3 is 0 Å². The molecule has 0 bridgehead atoms. The number of hydrogen-bond acceptors (Lipinski definition) is 5. The molecular formula is C19H27N5O2. The van der Waals surface area contributed by atoms with Crippen molar-refractivity contribution in [2.45, 2.75) is 45.1 Å². The molecule has 0 radical (unpaired) electrons. The number of amides is 2. The van der Waals surface area contributed by atoms with Gasteiger partial charge in [0, 0.05) is 38.0 Å². The van der Waals surface area contributed by atoms with Crippen molar-refractivity contribution in [1.82, 2.24) is 15.1 Å². The lowest BCUT2D eigenvalue weighted by Gasteiger charge is -2.32. The van der Waals surface area contributed by atoms with Crippen molar-refractivity contribution in [3.8, 4) is 0 Å². The van der Waals surface area contributed by atoms with Gasteiger partial charge in [-0.1, -0.05) is 19.6 Å². The maximum Gasteiger partial charge on any atom is 0.235 e. The molecule has 2 saturated heterocycles. The van der Waals surface area contributed by atoms with Crippen LogP contribution < -0.4 is 16.0 Å². The summed E-state index contributed by atoms with van der Waals surface area (Å²) >= 11 is 0. The zero-order chi connectivity index (χ0) is 17.6. The minimum atomic E-state index is -0.369. The van der Waals surface area contributed by atoms with Crippen molar-refractivity contribution < 1.29 is 9.59 Å². The molecule has 2 fully saturated rings. The van der Waals surface area contributed by atoms with Gasteiger partial charge in [-0.3, -0.25) is 19.6 Å². The van der Waals surface area contributed by atoms with Crippen LogP contribution in [0.2, 0.25) is 0 Å². The van der Waals surface area contributed by atoms with E-state index in [4.69, 9.17) is 5.73 Å². The molecule has 4 rings (SSSR count). The molecule has 2 aromatic rings. The summed E-state index contributed by atoms with van der Waals surface area (Å²) in [4.78, 5) is 26.1. The van der Waals surface area contributed by atoms with E-state index < -0.39 is 0 Å². The van der Waals surface area contributed by atoms with Crippen LogP contribution in [0.1, 0.15) is 44.7 Å². The van der Waals surface area contributed by atoms with E-state index in [1.54, 1.807) is 0 Å². The number of hydrogen-bond donors (Lipinski definition) is 2. The van der Waals surface area contributed by atoms with Crippen LogP contribution in [0.25, 0.3) is 10.9 Å². The predicted molar refractivity (Wildman–Crippen MR) is 102 cm³/mol. The molecule has 1 aromatic heterocycles. The largest absolute Gasteiger partial charge is 0.370 e. The third-order valence-electron chi connectivity index (χ3n) is 5.32. The maximum atomic E-state index is 12.3. The molecule has 2 aliphatic heterocycles. The van der Waals surface area contributed by atoms with Crippen molar-refractivity contribution in [2.24, 2.45) is 12.8 Å². The number of rotatable bonds is 2. The number of nitrogens with zero attached hydrogens (tertiary/aromatic N) is 3. The highest BCUT2D eigenvalue weighted by atomic mass is 16.2. The number of nitrogens with one attached hydrogen (secondary N) is 1. The van der Waals surface area contributed by atoms with E-state index in [1.807, 2.05) is 23.9 Å². The highest BCUT2D eigenvalue weighted by Gasteiger charge is 2.32. The standard InChI is InChI=1S/C18H23N5O2.CH4/c1-22-17-12(16(21-22)13-5-6-15(24)20-18(13)25)3-2-4-14(17)23-9-7-11(19)8-10-23;/h2-4,11,13H,5-10,19H2,1H3,(H,20,24,25);1H4. The number of para-hydroxylation sites is 1. The number of aromatic nitrogens is 2. The normalized spacial score (nSPS) is 21.6. The fourth-order valence-corrected chi connectivity index (χ4v) is 3.95. The zero-order valence-electron chi connectivity index (χ0n) is 14.4. The van der Waals surface area contributed by atoms with Gasteiger partial charge in [0.15, 0.2) is 0 Å². The van der Waals surface area contributed by atoms with Gasteiger partial charge in [0.25, 0.3) is 0 Å².